The monoisotopic (exact) mass is 260 g/mol. The molecule has 3 heteroatoms. The van der Waals surface area contributed by atoms with E-state index < -0.39 is 0 Å². The second-order valence-corrected chi connectivity index (χ2v) is 5.95. The van der Waals surface area contributed by atoms with E-state index in [0.717, 1.165) is 29.7 Å². The van der Waals surface area contributed by atoms with Gasteiger partial charge in [0.25, 0.3) is 5.91 Å². The SMILES string of the molecule is Cc1cc(C)c(C(=O)N2CCC(C)C(N)C2)c(C)c1. The Morgan fingerprint density at radius 3 is 2.37 bits per heavy atom. The first kappa shape index (κ1) is 14.1. The minimum absolute atomic E-state index is 0.101. The maximum atomic E-state index is 12.7. The third kappa shape index (κ3) is 2.81. The number of carbonyl (C=O) groups is 1. The Balaban J connectivity index is 2.25. The number of hydrogen-bond donors (Lipinski definition) is 1. The van der Waals surface area contributed by atoms with Crippen molar-refractivity contribution < 1.29 is 4.79 Å². The van der Waals surface area contributed by atoms with Gasteiger partial charge in [-0.2, -0.15) is 0 Å². The topological polar surface area (TPSA) is 46.3 Å². The average molecular weight is 260 g/mol. The van der Waals surface area contributed by atoms with Gasteiger partial charge in [-0.05, 0) is 44.2 Å². The van der Waals surface area contributed by atoms with Crippen LogP contribution in [0.3, 0.4) is 0 Å². The van der Waals surface area contributed by atoms with E-state index in [2.05, 4.69) is 26.0 Å². The van der Waals surface area contributed by atoms with E-state index in [1.165, 1.54) is 5.56 Å². The number of piperidine rings is 1. The Hall–Kier alpha value is -1.35. The van der Waals surface area contributed by atoms with Crippen molar-refractivity contribution in [1.29, 1.82) is 0 Å². The normalized spacial score (nSPS) is 23.5. The van der Waals surface area contributed by atoms with Crippen molar-refractivity contribution in [2.24, 2.45) is 11.7 Å². The van der Waals surface area contributed by atoms with Gasteiger partial charge in [0.1, 0.15) is 0 Å². The van der Waals surface area contributed by atoms with Crippen molar-refractivity contribution in [3.63, 3.8) is 0 Å². The van der Waals surface area contributed by atoms with Gasteiger partial charge in [-0.25, -0.2) is 0 Å². The lowest BCUT2D eigenvalue weighted by molar-refractivity contribution is 0.0671. The highest BCUT2D eigenvalue weighted by atomic mass is 16.2. The quantitative estimate of drug-likeness (QED) is 0.843. The molecule has 0 radical (unpaired) electrons. The van der Waals surface area contributed by atoms with Crippen LogP contribution in [0.25, 0.3) is 0 Å². The fourth-order valence-electron chi connectivity index (χ4n) is 2.96. The number of nitrogens with two attached hydrogens (primary N) is 1. The number of likely N-dealkylation sites (tertiary alicyclic amines) is 1. The van der Waals surface area contributed by atoms with Gasteiger partial charge in [-0.15, -0.1) is 0 Å². The Labute approximate surface area is 115 Å². The molecule has 1 fully saturated rings. The van der Waals surface area contributed by atoms with E-state index in [-0.39, 0.29) is 11.9 Å². The summed E-state index contributed by atoms with van der Waals surface area (Å²) < 4.78 is 0. The summed E-state index contributed by atoms with van der Waals surface area (Å²) in [7, 11) is 0. The number of amides is 1. The van der Waals surface area contributed by atoms with Crippen LogP contribution in [-0.4, -0.2) is 29.9 Å². The average Bonchev–Trinajstić information content (AvgIpc) is 2.31. The van der Waals surface area contributed by atoms with E-state index in [1.807, 2.05) is 18.7 Å². The fourth-order valence-corrected chi connectivity index (χ4v) is 2.96. The standard InChI is InChI=1S/C16H24N2O/c1-10-7-12(3)15(13(4)8-10)16(19)18-6-5-11(2)14(17)9-18/h7-8,11,14H,5-6,9,17H2,1-4H3. The van der Waals surface area contributed by atoms with Gasteiger partial charge in [0.15, 0.2) is 0 Å². The number of aryl methyl sites for hydroxylation is 3. The van der Waals surface area contributed by atoms with Gasteiger partial charge < -0.3 is 10.6 Å². The van der Waals surface area contributed by atoms with Crippen molar-refractivity contribution in [1.82, 2.24) is 4.90 Å². The van der Waals surface area contributed by atoms with Gasteiger partial charge >= 0.3 is 0 Å². The Bertz CT molecular complexity index is 473. The van der Waals surface area contributed by atoms with E-state index in [1.54, 1.807) is 0 Å². The van der Waals surface area contributed by atoms with Crippen LogP contribution in [0.1, 0.15) is 40.4 Å². The van der Waals surface area contributed by atoms with Crippen LogP contribution in [0.5, 0.6) is 0 Å². The highest BCUT2D eigenvalue weighted by molar-refractivity contribution is 5.97. The lowest BCUT2D eigenvalue weighted by Gasteiger charge is -2.35. The Kier molecular flexibility index (Phi) is 3.95. The zero-order valence-corrected chi connectivity index (χ0v) is 12.4. The van der Waals surface area contributed by atoms with E-state index >= 15 is 0 Å². The summed E-state index contributed by atoms with van der Waals surface area (Å²) in [4.78, 5) is 14.6. The van der Waals surface area contributed by atoms with Crippen LogP contribution < -0.4 is 5.73 Å². The molecule has 2 atom stereocenters. The van der Waals surface area contributed by atoms with Crippen molar-refractivity contribution >= 4 is 5.91 Å². The maximum absolute atomic E-state index is 12.7. The third-order valence-corrected chi connectivity index (χ3v) is 4.19. The molecule has 1 aromatic carbocycles. The number of hydrogen-bond acceptors (Lipinski definition) is 2. The molecule has 1 aromatic rings. The second-order valence-electron chi connectivity index (χ2n) is 5.95. The van der Waals surface area contributed by atoms with Gasteiger partial charge in [-0.1, -0.05) is 24.6 Å². The smallest absolute Gasteiger partial charge is 0.254 e. The molecule has 1 aliphatic heterocycles. The molecule has 0 bridgehead atoms. The molecule has 0 aromatic heterocycles. The molecule has 1 amide bonds. The molecule has 0 spiro atoms. The van der Waals surface area contributed by atoms with Gasteiger partial charge in [-0.3, -0.25) is 4.79 Å². The van der Waals surface area contributed by atoms with Crippen molar-refractivity contribution in [3.8, 4) is 0 Å². The van der Waals surface area contributed by atoms with E-state index in [9.17, 15) is 4.79 Å². The van der Waals surface area contributed by atoms with Gasteiger partial charge in [0, 0.05) is 24.7 Å². The van der Waals surface area contributed by atoms with Crippen LogP contribution in [-0.2, 0) is 0 Å². The van der Waals surface area contributed by atoms with Crippen LogP contribution in [0.2, 0.25) is 0 Å². The lowest BCUT2D eigenvalue weighted by atomic mass is 9.92. The molecule has 1 aliphatic rings. The minimum atomic E-state index is 0.101. The largest absolute Gasteiger partial charge is 0.337 e. The first-order valence-electron chi connectivity index (χ1n) is 7.03. The fraction of sp³-hybridized carbons (Fsp3) is 0.562. The first-order valence-corrected chi connectivity index (χ1v) is 7.03. The van der Waals surface area contributed by atoms with Crippen molar-refractivity contribution in [2.75, 3.05) is 13.1 Å². The zero-order valence-electron chi connectivity index (χ0n) is 12.4. The number of carbonyl (C=O) groups excluding carboxylic acids is 1. The summed E-state index contributed by atoms with van der Waals surface area (Å²) >= 11 is 0. The molecular formula is C16H24N2O. The highest BCUT2D eigenvalue weighted by Crippen LogP contribution is 2.22. The first-order chi connectivity index (χ1) is 8.90. The summed E-state index contributed by atoms with van der Waals surface area (Å²) in [5.41, 5.74) is 10.3. The molecule has 0 aliphatic carbocycles. The van der Waals surface area contributed by atoms with Crippen LogP contribution in [0, 0.1) is 26.7 Å². The van der Waals surface area contributed by atoms with E-state index in [4.69, 9.17) is 5.73 Å². The lowest BCUT2D eigenvalue weighted by Crippen LogP contribution is -2.50. The summed E-state index contributed by atoms with van der Waals surface area (Å²) in [5, 5.41) is 0. The molecule has 104 valence electrons. The summed E-state index contributed by atoms with van der Waals surface area (Å²) in [6.45, 7) is 9.74. The second kappa shape index (κ2) is 5.33. The summed E-state index contributed by atoms with van der Waals surface area (Å²) in [6, 6.07) is 4.25. The van der Waals surface area contributed by atoms with Gasteiger partial charge in [0.05, 0.1) is 0 Å². The predicted octanol–water partition coefficient (Wildman–Crippen LogP) is 2.42. The molecule has 1 heterocycles. The predicted molar refractivity (Wildman–Crippen MR) is 78.3 cm³/mol. The molecule has 2 rings (SSSR count). The molecule has 2 N–H and O–H groups in total. The van der Waals surface area contributed by atoms with Crippen molar-refractivity contribution in [2.45, 2.75) is 40.2 Å². The minimum Gasteiger partial charge on any atom is -0.337 e. The zero-order chi connectivity index (χ0) is 14.2. The van der Waals surface area contributed by atoms with Gasteiger partial charge in [0.2, 0.25) is 0 Å². The number of nitrogens with zero attached hydrogens (tertiary/aromatic N) is 1. The third-order valence-electron chi connectivity index (χ3n) is 4.19. The van der Waals surface area contributed by atoms with Crippen molar-refractivity contribution in [3.05, 3.63) is 34.4 Å². The molecule has 19 heavy (non-hydrogen) atoms. The molecule has 0 saturated carbocycles. The van der Waals surface area contributed by atoms with Crippen LogP contribution in [0.15, 0.2) is 12.1 Å². The van der Waals surface area contributed by atoms with E-state index in [0.29, 0.717) is 12.5 Å². The molecule has 3 nitrogen and oxygen atoms in total. The molecule has 2 unspecified atom stereocenters. The number of benzene rings is 1. The highest BCUT2D eigenvalue weighted by Gasteiger charge is 2.28. The Morgan fingerprint density at radius 2 is 1.84 bits per heavy atom. The maximum Gasteiger partial charge on any atom is 0.254 e. The van der Waals surface area contributed by atoms with Crippen LogP contribution >= 0.6 is 0 Å². The summed E-state index contributed by atoms with van der Waals surface area (Å²) in [5.74, 6) is 0.640. The molecule has 1 saturated heterocycles. The summed E-state index contributed by atoms with van der Waals surface area (Å²) in [6.07, 6.45) is 0.997. The van der Waals surface area contributed by atoms with Crippen LogP contribution in [0.4, 0.5) is 0 Å². The molecular weight excluding hydrogens is 236 g/mol. The number of rotatable bonds is 1. The Morgan fingerprint density at radius 1 is 1.26 bits per heavy atom.